The Morgan fingerprint density at radius 1 is 1.18 bits per heavy atom. The summed E-state index contributed by atoms with van der Waals surface area (Å²) in [5.74, 6) is 1.09. The van der Waals surface area contributed by atoms with Crippen LogP contribution in [0.5, 0.6) is 0 Å². The van der Waals surface area contributed by atoms with Gasteiger partial charge in [-0.1, -0.05) is 60.0 Å². The van der Waals surface area contributed by atoms with Gasteiger partial charge in [-0.15, -0.1) is 0 Å². The maximum absolute atomic E-state index is 12.3. The molecule has 34 heavy (non-hydrogen) atoms. The Hall–Kier alpha value is -1.17. The highest BCUT2D eigenvalue weighted by molar-refractivity contribution is 5.66. The van der Waals surface area contributed by atoms with Crippen molar-refractivity contribution in [1.82, 2.24) is 0 Å². The van der Waals surface area contributed by atoms with Gasteiger partial charge in [-0.2, -0.15) is 0 Å². The second kappa shape index (κ2) is 9.05. The van der Waals surface area contributed by atoms with Crippen LogP contribution in [0.4, 0.5) is 0 Å². The molecule has 2 fully saturated rings. The number of ether oxygens (including phenoxy) is 1. The van der Waals surface area contributed by atoms with Gasteiger partial charge in [0.15, 0.2) is 0 Å². The van der Waals surface area contributed by atoms with E-state index in [0.29, 0.717) is 43.4 Å². The van der Waals surface area contributed by atoms with E-state index in [4.69, 9.17) is 4.74 Å². The summed E-state index contributed by atoms with van der Waals surface area (Å²) < 4.78 is 5.48. The lowest BCUT2D eigenvalue weighted by Crippen LogP contribution is -2.68. The van der Waals surface area contributed by atoms with Crippen molar-refractivity contribution in [2.45, 2.75) is 117 Å². The molecule has 4 aliphatic carbocycles. The molecule has 5 heteroatoms. The second-order valence-electron chi connectivity index (χ2n) is 12.8. The van der Waals surface area contributed by atoms with Gasteiger partial charge in [0.25, 0.3) is 0 Å². The molecule has 3 N–H and O–H groups in total. The molecule has 0 bridgehead atoms. The van der Waals surface area contributed by atoms with Crippen molar-refractivity contribution >= 4 is 5.97 Å². The Morgan fingerprint density at radius 3 is 2.53 bits per heavy atom. The minimum Gasteiger partial charge on any atom is -0.463 e. The molecular weight excluding hydrogens is 428 g/mol. The zero-order valence-corrected chi connectivity index (χ0v) is 22.0. The van der Waals surface area contributed by atoms with Crippen molar-refractivity contribution in [2.75, 3.05) is 0 Å². The van der Waals surface area contributed by atoms with Gasteiger partial charge < -0.3 is 20.1 Å². The van der Waals surface area contributed by atoms with Gasteiger partial charge in [-0.25, -0.2) is 0 Å². The predicted molar refractivity (Wildman–Crippen MR) is 133 cm³/mol. The molecule has 0 aromatic carbocycles. The van der Waals surface area contributed by atoms with Crippen LogP contribution in [0.25, 0.3) is 0 Å². The quantitative estimate of drug-likeness (QED) is 0.475. The summed E-state index contributed by atoms with van der Waals surface area (Å²) in [4.78, 5) is 11.5. The normalized spacial score (nSPS) is 44.5. The number of hydrogen-bond acceptors (Lipinski definition) is 5. The smallest absolute Gasteiger partial charge is 0.302 e. The molecule has 0 amide bonds. The predicted octanol–water partition coefficient (Wildman–Crippen LogP) is 4.94. The average molecular weight is 475 g/mol. The molecule has 0 saturated heterocycles. The average Bonchev–Trinajstić information content (AvgIpc) is 3.07. The van der Waals surface area contributed by atoms with E-state index >= 15 is 0 Å². The first-order valence-electron chi connectivity index (χ1n) is 13.5. The SMILES string of the molecule is CC(=O)O[C@H]1CC[C@@]2(C)[C@H](C1)[C@@H](O)C=C1C3=CC[C@H]([C@H](C)CCCC(C)C)[C@@]3(C)C[C@@H](O)[C@@]12O. The van der Waals surface area contributed by atoms with E-state index < -0.39 is 23.2 Å². The lowest BCUT2D eigenvalue weighted by Gasteiger charge is -2.63. The molecular formula is C29H46O5. The van der Waals surface area contributed by atoms with Crippen LogP contribution in [0.2, 0.25) is 0 Å². The Kier molecular flexibility index (Phi) is 6.89. The lowest BCUT2D eigenvalue weighted by molar-refractivity contribution is -0.210. The van der Waals surface area contributed by atoms with Gasteiger partial charge in [0.1, 0.15) is 11.7 Å². The van der Waals surface area contributed by atoms with E-state index in [2.05, 4.69) is 33.8 Å². The highest BCUT2D eigenvalue weighted by Crippen LogP contribution is 2.66. The number of hydrogen-bond donors (Lipinski definition) is 3. The van der Waals surface area contributed by atoms with E-state index in [0.717, 1.165) is 17.6 Å². The van der Waals surface area contributed by atoms with Crippen LogP contribution in [0, 0.1) is 34.5 Å². The van der Waals surface area contributed by atoms with Crippen molar-refractivity contribution in [2.24, 2.45) is 34.5 Å². The number of aliphatic hydroxyl groups is 3. The number of fused-ring (bicyclic) bond motifs is 5. The summed E-state index contributed by atoms with van der Waals surface area (Å²) in [5, 5.41) is 35.2. The van der Waals surface area contributed by atoms with Gasteiger partial charge in [0.05, 0.1) is 12.2 Å². The molecule has 4 rings (SSSR count). The van der Waals surface area contributed by atoms with E-state index in [1.807, 2.05) is 13.0 Å². The van der Waals surface area contributed by atoms with Gasteiger partial charge in [-0.05, 0) is 72.5 Å². The van der Waals surface area contributed by atoms with Gasteiger partial charge >= 0.3 is 5.97 Å². The van der Waals surface area contributed by atoms with Crippen LogP contribution >= 0.6 is 0 Å². The maximum Gasteiger partial charge on any atom is 0.302 e. The number of esters is 1. The van der Waals surface area contributed by atoms with Crippen LogP contribution in [0.15, 0.2) is 23.3 Å². The van der Waals surface area contributed by atoms with Crippen LogP contribution < -0.4 is 0 Å². The molecule has 0 aliphatic heterocycles. The third-order valence-corrected chi connectivity index (χ3v) is 10.2. The Morgan fingerprint density at radius 2 is 1.88 bits per heavy atom. The summed E-state index contributed by atoms with van der Waals surface area (Å²) in [6.07, 6.45) is 9.08. The van der Waals surface area contributed by atoms with Crippen LogP contribution in [0.3, 0.4) is 0 Å². The van der Waals surface area contributed by atoms with Crippen molar-refractivity contribution in [3.63, 3.8) is 0 Å². The molecule has 2 saturated carbocycles. The fourth-order valence-corrected chi connectivity index (χ4v) is 8.29. The fourth-order valence-electron chi connectivity index (χ4n) is 8.29. The standard InChI is InChI=1S/C29H46O5/c1-17(2)8-7-9-18(3)21-10-11-22-23-15-25(31)24-14-20(34-19(4)30)12-13-28(24,6)29(23,33)26(32)16-27(21,22)5/h11,15,17-18,20-21,24-26,31-33H,7-10,12-14,16H2,1-6H3/t18-,20+,21-,24-,25+,26-,27-,28+,29+/m1/s1. The highest BCUT2D eigenvalue weighted by Gasteiger charge is 2.68. The van der Waals surface area contributed by atoms with Gasteiger partial charge in [-0.3, -0.25) is 4.79 Å². The molecule has 0 aromatic heterocycles. The first kappa shape index (κ1) is 25.9. The zero-order chi connectivity index (χ0) is 25.1. The molecule has 0 aromatic rings. The number of carbonyl (C=O) groups excluding carboxylic acids is 1. The van der Waals surface area contributed by atoms with E-state index in [9.17, 15) is 20.1 Å². The topological polar surface area (TPSA) is 87.0 Å². The van der Waals surface area contributed by atoms with Crippen molar-refractivity contribution in [1.29, 1.82) is 0 Å². The van der Waals surface area contributed by atoms with Gasteiger partial charge in [0, 0.05) is 18.3 Å². The molecule has 4 aliphatic rings. The van der Waals surface area contributed by atoms with E-state index in [1.165, 1.54) is 26.2 Å². The minimum atomic E-state index is -1.40. The largest absolute Gasteiger partial charge is 0.463 e. The fraction of sp³-hybridized carbons (Fsp3) is 0.828. The second-order valence-corrected chi connectivity index (χ2v) is 12.8. The summed E-state index contributed by atoms with van der Waals surface area (Å²) in [6, 6.07) is 0. The van der Waals surface area contributed by atoms with Gasteiger partial charge in [0.2, 0.25) is 0 Å². The molecule has 0 radical (unpaired) electrons. The Labute approximate surface area is 205 Å². The Bertz CT molecular complexity index is 861. The van der Waals surface area contributed by atoms with Crippen molar-refractivity contribution in [3.05, 3.63) is 23.3 Å². The highest BCUT2D eigenvalue weighted by atomic mass is 16.5. The number of rotatable bonds is 6. The molecule has 192 valence electrons. The summed E-state index contributed by atoms with van der Waals surface area (Å²) in [7, 11) is 0. The lowest BCUT2D eigenvalue weighted by atomic mass is 9.45. The molecule has 9 atom stereocenters. The number of aliphatic hydroxyl groups excluding tert-OH is 2. The van der Waals surface area contributed by atoms with Crippen LogP contribution in [-0.2, 0) is 9.53 Å². The van der Waals surface area contributed by atoms with Crippen molar-refractivity contribution < 1.29 is 24.9 Å². The molecule has 0 spiro atoms. The maximum atomic E-state index is 12.3. The Balaban J connectivity index is 1.63. The number of carbonyl (C=O) groups is 1. The zero-order valence-electron chi connectivity index (χ0n) is 22.0. The summed E-state index contributed by atoms with van der Waals surface area (Å²) >= 11 is 0. The first-order chi connectivity index (χ1) is 15.8. The third-order valence-electron chi connectivity index (χ3n) is 10.2. The van der Waals surface area contributed by atoms with Crippen LogP contribution in [-0.4, -0.2) is 45.2 Å². The summed E-state index contributed by atoms with van der Waals surface area (Å²) in [6.45, 7) is 12.6. The third kappa shape index (κ3) is 3.90. The molecule has 5 nitrogen and oxygen atoms in total. The molecule has 0 unspecified atom stereocenters. The van der Waals surface area contributed by atoms with E-state index in [1.54, 1.807) is 0 Å². The molecule has 0 heterocycles. The van der Waals surface area contributed by atoms with Crippen LogP contribution in [0.1, 0.15) is 92.9 Å². The van der Waals surface area contributed by atoms with E-state index in [-0.39, 0.29) is 23.4 Å². The monoisotopic (exact) mass is 474 g/mol. The minimum absolute atomic E-state index is 0.202. The summed E-state index contributed by atoms with van der Waals surface area (Å²) in [5.41, 5.74) is -0.397. The number of allylic oxidation sites excluding steroid dienone is 1. The first-order valence-corrected chi connectivity index (χ1v) is 13.5. The van der Waals surface area contributed by atoms with Crippen molar-refractivity contribution in [3.8, 4) is 0 Å².